The van der Waals surface area contributed by atoms with Crippen LogP contribution in [0.25, 0.3) is 31.0 Å². The number of hydrogen-bond donors (Lipinski definition) is 3. The van der Waals surface area contributed by atoms with E-state index in [4.69, 9.17) is 14.2 Å². The molecular formula is C53H60FN5O7S2. The number of amides is 3. The summed E-state index contributed by atoms with van der Waals surface area (Å²) >= 11 is 3.08. The number of thiazole rings is 1. The Morgan fingerprint density at radius 1 is 0.912 bits per heavy atom. The molecule has 3 amide bonds. The van der Waals surface area contributed by atoms with Crippen LogP contribution in [0.4, 0.5) is 4.39 Å². The van der Waals surface area contributed by atoms with Crippen molar-refractivity contribution in [1.29, 1.82) is 0 Å². The first kappa shape index (κ1) is 48.6. The molecule has 2 aliphatic heterocycles. The summed E-state index contributed by atoms with van der Waals surface area (Å²) in [5.41, 5.74) is 5.16. The molecule has 0 bridgehead atoms. The van der Waals surface area contributed by atoms with E-state index in [0.717, 1.165) is 80.5 Å². The summed E-state index contributed by atoms with van der Waals surface area (Å²) in [6.07, 6.45) is 3.10. The summed E-state index contributed by atoms with van der Waals surface area (Å²) < 4.78 is 33.1. The SMILES string of the molecule is Cc1ncsc1-c1ccc(CNC(=O)[C@@H]2CCCN2C(=O)[C@@H](NC(=O)CCCOCC2CCN(CCOc3ccc(Oc4c(-c5ccc(F)cc5)sc5cc(O)ccc45)cc3)C2)C(C)(C)C)cc1. The lowest BCUT2D eigenvalue weighted by Gasteiger charge is -2.35. The van der Waals surface area contributed by atoms with Gasteiger partial charge in [-0.3, -0.25) is 19.3 Å². The van der Waals surface area contributed by atoms with E-state index in [1.165, 1.54) is 23.5 Å². The third kappa shape index (κ3) is 12.2. The van der Waals surface area contributed by atoms with E-state index in [9.17, 15) is 23.9 Å². The molecule has 0 aliphatic carbocycles. The second-order valence-electron chi connectivity index (χ2n) is 18.7. The summed E-state index contributed by atoms with van der Waals surface area (Å²) in [7, 11) is 0. The molecule has 3 N–H and O–H groups in total. The molecule has 8 rings (SSSR count). The molecule has 3 atom stereocenters. The van der Waals surface area contributed by atoms with E-state index in [1.54, 1.807) is 40.5 Å². The normalized spacial score (nSPS) is 16.8. The second kappa shape index (κ2) is 22.0. The van der Waals surface area contributed by atoms with Gasteiger partial charge in [0.05, 0.1) is 27.6 Å². The zero-order chi connectivity index (χ0) is 47.8. The molecule has 2 aliphatic rings. The molecule has 6 aromatic rings. The number of benzene rings is 4. The van der Waals surface area contributed by atoms with Crippen LogP contribution in [0.15, 0.2) is 96.5 Å². The zero-order valence-corrected chi connectivity index (χ0v) is 40.7. The van der Waals surface area contributed by atoms with Crippen LogP contribution in [-0.2, 0) is 25.7 Å². The van der Waals surface area contributed by atoms with E-state index in [2.05, 4.69) is 20.5 Å². The number of likely N-dealkylation sites (tertiary alicyclic amines) is 2. The van der Waals surface area contributed by atoms with Gasteiger partial charge in [-0.05, 0) is 122 Å². The molecule has 4 aromatic carbocycles. The highest BCUT2D eigenvalue weighted by Gasteiger charge is 2.41. The van der Waals surface area contributed by atoms with Crippen molar-refractivity contribution < 1.29 is 38.1 Å². The van der Waals surface area contributed by atoms with Gasteiger partial charge in [0.1, 0.15) is 41.8 Å². The number of carbonyl (C=O) groups is 3. The molecule has 4 heterocycles. The maximum atomic E-state index is 14.0. The molecule has 2 aromatic heterocycles. The Hall–Kier alpha value is -5.87. The van der Waals surface area contributed by atoms with Gasteiger partial charge in [0, 0.05) is 49.3 Å². The first-order valence-corrected chi connectivity index (χ1v) is 25.1. The average molecular weight is 962 g/mol. The fraction of sp³-hybridized carbons (Fsp3) is 0.396. The van der Waals surface area contributed by atoms with Gasteiger partial charge in [0.2, 0.25) is 17.7 Å². The number of fused-ring (bicyclic) bond motifs is 1. The van der Waals surface area contributed by atoms with E-state index in [1.807, 2.05) is 87.8 Å². The van der Waals surface area contributed by atoms with Crippen LogP contribution in [-0.4, -0.2) is 95.7 Å². The van der Waals surface area contributed by atoms with Crippen molar-refractivity contribution >= 4 is 50.5 Å². The van der Waals surface area contributed by atoms with Crippen molar-refractivity contribution in [3.05, 3.63) is 114 Å². The maximum Gasteiger partial charge on any atom is 0.246 e. The standard InChI is InChI=1S/C53H60FN5O7S2/c1-34-48(67-33-56-34)37-11-9-35(10-12-37)30-55-51(62)44-7-5-24-59(44)52(63)50(53(2,3)4)57-46(61)8-6-27-64-32-36-23-25-58(31-36)26-28-65-41-18-20-42(21-19-41)66-47-43-22-17-40(60)29-45(43)68-49(47)38-13-15-39(54)16-14-38/h9-22,29,33,36,44,50,60H,5-8,23-28,30-32H2,1-4H3,(H,55,62)(H,57,61)/t36?,44-,50+/m0/s1. The number of rotatable bonds is 19. The van der Waals surface area contributed by atoms with E-state index in [0.29, 0.717) is 63.2 Å². The second-order valence-corrected chi connectivity index (χ2v) is 20.6. The highest BCUT2D eigenvalue weighted by Crippen LogP contribution is 2.47. The van der Waals surface area contributed by atoms with Gasteiger partial charge in [-0.1, -0.05) is 57.2 Å². The largest absolute Gasteiger partial charge is 0.508 e. The Morgan fingerprint density at radius 3 is 2.38 bits per heavy atom. The van der Waals surface area contributed by atoms with Crippen LogP contribution in [0.5, 0.6) is 23.0 Å². The van der Waals surface area contributed by atoms with Crippen molar-refractivity contribution in [3.63, 3.8) is 0 Å². The van der Waals surface area contributed by atoms with Crippen molar-refractivity contribution in [2.24, 2.45) is 11.3 Å². The van der Waals surface area contributed by atoms with Crippen LogP contribution in [0.1, 0.15) is 64.1 Å². The number of phenolic OH excluding ortho intramolecular Hbond substituents is 1. The molecular weight excluding hydrogens is 902 g/mol. The monoisotopic (exact) mass is 961 g/mol. The summed E-state index contributed by atoms with van der Waals surface area (Å²) in [6.45, 7) is 12.9. The lowest BCUT2D eigenvalue weighted by molar-refractivity contribution is -0.144. The van der Waals surface area contributed by atoms with E-state index < -0.39 is 17.5 Å². The Balaban J connectivity index is 0.724. The number of aromatic hydroxyl groups is 1. The molecule has 15 heteroatoms. The lowest BCUT2D eigenvalue weighted by atomic mass is 9.85. The molecule has 0 saturated carbocycles. The molecule has 358 valence electrons. The summed E-state index contributed by atoms with van der Waals surface area (Å²) in [4.78, 5) is 51.0. The number of halogens is 1. The fourth-order valence-corrected chi connectivity index (χ4v) is 10.8. The molecule has 2 fully saturated rings. The van der Waals surface area contributed by atoms with E-state index in [-0.39, 0.29) is 35.7 Å². The fourth-order valence-electron chi connectivity index (χ4n) is 8.82. The van der Waals surface area contributed by atoms with Gasteiger partial charge < -0.3 is 34.9 Å². The van der Waals surface area contributed by atoms with Crippen LogP contribution >= 0.6 is 22.7 Å². The minimum Gasteiger partial charge on any atom is -0.508 e. The van der Waals surface area contributed by atoms with Gasteiger partial charge in [0.25, 0.3) is 0 Å². The summed E-state index contributed by atoms with van der Waals surface area (Å²) in [5, 5.41) is 17.0. The minimum atomic E-state index is -0.771. The van der Waals surface area contributed by atoms with E-state index >= 15 is 0 Å². The van der Waals surface area contributed by atoms with Gasteiger partial charge in [-0.2, -0.15) is 0 Å². The summed E-state index contributed by atoms with van der Waals surface area (Å²) in [5.74, 6) is 1.64. The Morgan fingerprint density at radius 2 is 1.65 bits per heavy atom. The zero-order valence-electron chi connectivity index (χ0n) is 39.1. The van der Waals surface area contributed by atoms with Gasteiger partial charge >= 0.3 is 0 Å². The third-order valence-corrected chi connectivity index (χ3v) is 14.7. The van der Waals surface area contributed by atoms with Gasteiger partial charge in [0.15, 0.2) is 5.75 Å². The van der Waals surface area contributed by atoms with Crippen LogP contribution in [0.3, 0.4) is 0 Å². The number of aryl methyl sites for hydroxylation is 1. The van der Waals surface area contributed by atoms with Crippen LogP contribution < -0.4 is 20.1 Å². The number of carbonyl (C=O) groups excluding carboxylic acids is 3. The van der Waals surface area contributed by atoms with Crippen molar-refractivity contribution in [1.82, 2.24) is 25.4 Å². The number of aromatic nitrogens is 1. The highest BCUT2D eigenvalue weighted by molar-refractivity contribution is 7.22. The molecule has 1 unspecified atom stereocenters. The predicted molar refractivity (Wildman–Crippen MR) is 266 cm³/mol. The third-order valence-electron chi connectivity index (χ3n) is 12.6. The maximum absolute atomic E-state index is 14.0. The minimum absolute atomic E-state index is 0.168. The predicted octanol–water partition coefficient (Wildman–Crippen LogP) is 9.97. The molecule has 0 radical (unpaired) electrons. The van der Waals surface area contributed by atoms with Gasteiger partial charge in [-0.25, -0.2) is 9.37 Å². The highest BCUT2D eigenvalue weighted by atomic mass is 32.1. The Labute approximate surface area is 405 Å². The molecule has 68 heavy (non-hydrogen) atoms. The number of nitrogens with zero attached hydrogens (tertiary/aromatic N) is 3. The topological polar surface area (TPSA) is 143 Å². The molecule has 0 spiro atoms. The van der Waals surface area contributed by atoms with Crippen molar-refractivity contribution in [2.45, 2.75) is 78.4 Å². The van der Waals surface area contributed by atoms with Crippen LogP contribution in [0, 0.1) is 24.1 Å². The smallest absolute Gasteiger partial charge is 0.246 e. The summed E-state index contributed by atoms with van der Waals surface area (Å²) in [6, 6.07) is 25.7. The van der Waals surface area contributed by atoms with Crippen molar-refractivity contribution in [2.75, 3.05) is 46.0 Å². The number of ether oxygens (including phenoxy) is 3. The van der Waals surface area contributed by atoms with Gasteiger partial charge in [-0.15, -0.1) is 22.7 Å². The number of hydrogen-bond acceptors (Lipinski definition) is 11. The quantitative estimate of drug-likeness (QED) is 0.0677. The first-order valence-electron chi connectivity index (χ1n) is 23.4. The average Bonchev–Trinajstić information content (AvgIpc) is 4.16. The van der Waals surface area contributed by atoms with Crippen molar-refractivity contribution in [3.8, 4) is 43.9 Å². The Kier molecular flexibility index (Phi) is 15.7. The number of nitrogens with one attached hydrogen (secondary N) is 2. The van der Waals surface area contributed by atoms with Crippen LogP contribution in [0.2, 0.25) is 0 Å². The number of phenols is 1. The first-order chi connectivity index (χ1) is 32.8. The lowest BCUT2D eigenvalue weighted by Crippen LogP contribution is -2.57. The number of thiophene rings is 1. The molecule has 12 nitrogen and oxygen atoms in total. The Bertz CT molecular complexity index is 2660. The molecule has 2 saturated heterocycles.